The average Bonchev–Trinajstić information content (AvgIpc) is 2.85. The molecule has 0 saturated carbocycles. The molecular formula is C27H30N2O3. The third-order valence-corrected chi connectivity index (χ3v) is 6.07. The largest absolute Gasteiger partial charge is 0.493 e. The first-order chi connectivity index (χ1) is 15.7. The van der Waals surface area contributed by atoms with Crippen LogP contribution in [0.1, 0.15) is 23.5 Å². The first kappa shape index (κ1) is 21.9. The van der Waals surface area contributed by atoms with Crippen LogP contribution in [-0.2, 0) is 11.3 Å². The first-order valence-corrected chi connectivity index (χ1v) is 11.0. The van der Waals surface area contributed by atoms with Crippen molar-refractivity contribution in [3.05, 3.63) is 90.0 Å². The summed E-state index contributed by atoms with van der Waals surface area (Å²) in [5.74, 6) is 1.49. The van der Waals surface area contributed by atoms with Gasteiger partial charge in [-0.1, -0.05) is 60.7 Å². The molecule has 0 radical (unpaired) electrons. The van der Waals surface area contributed by atoms with Gasteiger partial charge in [-0.2, -0.15) is 0 Å². The normalized spacial score (nSPS) is 18.7. The zero-order valence-corrected chi connectivity index (χ0v) is 18.7. The molecule has 5 heteroatoms. The van der Waals surface area contributed by atoms with Gasteiger partial charge in [-0.25, -0.2) is 0 Å². The summed E-state index contributed by atoms with van der Waals surface area (Å²) >= 11 is 0. The Balaban J connectivity index is 1.52. The second-order valence-electron chi connectivity index (χ2n) is 8.28. The Morgan fingerprint density at radius 3 is 2.28 bits per heavy atom. The second kappa shape index (κ2) is 10.3. The molecule has 0 spiro atoms. The van der Waals surface area contributed by atoms with E-state index in [-0.39, 0.29) is 11.8 Å². The van der Waals surface area contributed by atoms with E-state index in [1.165, 1.54) is 11.1 Å². The molecule has 3 aromatic carbocycles. The van der Waals surface area contributed by atoms with Crippen LogP contribution >= 0.6 is 0 Å². The maximum Gasteiger partial charge on any atom is 0.228 e. The van der Waals surface area contributed by atoms with Gasteiger partial charge in [0.2, 0.25) is 5.91 Å². The molecule has 1 amide bonds. The van der Waals surface area contributed by atoms with Crippen molar-refractivity contribution in [3.63, 3.8) is 0 Å². The van der Waals surface area contributed by atoms with E-state index >= 15 is 0 Å². The van der Waals surface area contributed by atoms with E-state index in [2.05, 4.69) is 58.7 Å². The third kappa shape index (κ3) is 5.29. The number of carbonyl (C=O) groups is 1. The monoisotopic (exact) mass is 430 g/mol. The fourth-order valence-electron chi connectivity index (χ4n) is 4.48. The average molecular weight is 431 g/mol. The molecule has 0 bridgehead atoms. The molecule has 3 aromatic rings. The van der Waals surface area contributed by atoms with Crippen molar-refractivity contribution in [2.24, 2.45) is 5.92 Å². The van der Waals surface area contributed by atoms with Crippen molar-refractivity contribution in [1.82, 2.24) is 4.90 Å². The van der Waals surface area contributed by atoms with Crippen LogP contribution in [-0.4, -0.2) is 38.1 Å². The molecule has 1 saturated heterocycles. The number of nitrogens with zero attached hydrogens (tertiary/aromatic N) is 1. The first-order valence-electron chi connectivity index (χ1n) is 11.0. The maximum atomic E-state index is 13.3. The van der Waals surface area contributed by atoms with Crippen LogP contribution in [0.5, 0.6) is 11.5 Å². The van der Waals surface area contributed by atoms with Gasteiger partial charge in [-0.3, -0.25) is 9.69 Å². The van der Waals surface area contributed by atoms with E-state index in [1.54, 1.807) is 20.3 Å². The Morgan fingerprint density at radius 1 is 0.906 bits per heavy atom. The van der Waals surface area contributed by atoms with Gasteiger partial charge >= 0.3 is 0 Å². The van der Waals surface area contributed by atoms with E-state index in [0.29, 0.717) is 23.1 Å². The number of anilines is 1. The predicted octanol–water partition coefficient (Wildman–Crippen LogP) is 4.95. The standard InChI is InChI=1S/C27H30N2O3/c1-31-25-14-13-24(16-26(25)32-2)28-27(30)23-15-22(21-11-7-4-8-12-21)18-29(19-23)17-20-9-5-3-6-10-20/h3-14,16,22-23H,15,17-19H2,1-2H3,(H,28,30)/t22-,23+/m0/s1. The molecule has 1 N–H and O–H groups in total. The van der Waals surface area contributed by atoms with Crippen LogP contribution in [0.3, 0.4) is 0 Å². The Kier molecular flexibility index (Phi) is 7.07. The van der Waals surface area contributed by atoms with Gasteiger partial charge in [0.1, 0.15) is 0 Å². The fraction of sp³-hybridized carbons (Fsp3) is 0.296. The summed E-state index contributed by atoms with van der Waals surface area (Å²) in [6.45, 7) is 2.51. The number of benzene rings is 3. The molecule has 5 nitrogen and oxygen atoms in total. The van der Waals surface area contributed by atoms with Crippen LogP contribution in [0.4, 0.5) is 5.69 Å². The molecule has 1 aliphatic rings. The van der Waals surface area contributed by atoms with Crippen molar-refractivity contribution in [1.29, 1.82) is 0 Å². The summed E-state index contributed by atoms with van der Waals surface area (Å²) in [5, 5.41) is 3.09. The molecule has 1 aliphatic heterocycles. The smallest absolute Gasteiger partial charge is 0.228 e. The highest BCUT2D eigenvalue weighted by Crippen LogP contribution is 2.33. The quantitative estimate of drug-likeness (QED) is 0.576. The summed E-state index contributed by atoms with van der Waals surface area (Å²) in [6.07, 6.45) is 0.828. The third-order valence-electron chi connectivity index (χ3n) is 6.07. The number of piperidine rings is 1. The number of hydrogen-bond acceptors (Lipinski definition) is 4. The molecule has 2 atom stereocenters. The van der Waals surface area contributed by atoms with Gasteiger partial charge in [0.05, 0.1) is 20.1 Å². The van der Waals surface area contributed by atoms with E-state index in [4.69, 9.17) is 9.47 Å². The van der Waals surface area contributed by atoms with Gasteiger partial charge in [-0.05, 0) is 35.6 Å². The summed E-state index contributed by atoms with van der Waals surface area (Å²) in [7, 11) is 3.19. The molecule has 32 heavy (non-hydrogen) atoms. The molecule has 0 unspecified atom stereocenters. The molecule has 166 valence electrons. The Labute approximate surface area is 190 Å². The fourth-order valence-corrected chi connectivity index (χ4v) is 4.48. The van der Waals surface area contributed by atoms with Crippen LogP contribution < -0.4 is 14.8 Å². The highest BCUT2D eigenvalue weighted by atomic mass is 16.5. The van der Waals surface area contributed by atoms with E-state index in [1.807, 2.05) is 24.3 Å². The molecule has 1 fully saturated rings. The summed E-state index contributed by atoms with van der Waals surface area (Å²) in [5.41, 5.74) is 3.26. The summed E-state index contributed by atoms with van der Waals surface area (Å²) in [6, 6.07) is 26.4. The number of rotatable bonds is 7. The lowest BCUT2D eigenvalue weighted by molar-refractivity contribution is -0.121. The summed E-state index contributed by atoms with van der Waals surface area (Å²) in [4.78, 5) is 15.7. The predicted molar refractivity (Wildman–Crippen MR) is 127 cm³/mol. The topological polar surface area (TPSA) is 50.8 Å². The number of carbonyl (C=O) groups excluding carboxylic acids is 1. The maximum absolute atomic E-state index is 13.3. The lowest BCUT2D eigenvalue weighted by Crippen LogP contribution is -2.43. The van der Waals surface area contributed by atoms with Crippen molar-refractivity contribution in [3.8, 4) is 11.5 Å². The Bertz CT molecular complexity index is 1020. The minimum atomic E-state index is -0.106. The minimum Gasteiger partial charge on any atom is -0.493 e. The Morgan fingerprint density at radius 2 is 1.59 bits per heavy atom. The second-order valence-corrected chi connectivity index (χ2v) is 8.28. The van der Waals surface area contributed by atoms with Crippen molar-refractivity contribution in [2.75, 3.05) is 32.6 Å². The number of likely N-dealkylation sites (tertiary alicyclic amines) is 1. The minimum absolute atomic E-state index is 0.0379. The van der Waals surface area contributed by atoms with Crippen LogP contribution in [0.2, 0.25) is 0 Å². The lowest BCUT2D eigenvalue weighted by atomic mass is 9.84. The summed E-state index contributed by atoms with van der Waals surface area (Å²) < 4.78 is 10.7. The molecule has 1 heterocycles. The molecule has 0 aromatic heterocycles. The lowest BCUT2D eigenvalue weighted by Gasteiger charge is -2.37. The highest BCUT2D eigenvalue weighted by Gasteiger charge is 2.32. The molecule has 4 rings (SSSR count). The molecule has 0 aliphatic carbocycles. The van der Waals surface area contributed by atoms with Crippen LogP contribution in [0, 0.1) is 5.92 Å². The van der Waals surface area contributed by atoms with E-state index in [9.17, 15) is 4.79 Å². The van der Waals surface area contributed by atoms with E-state index < -0.39 is 0 Å². The zero-order chi connectivity index (χ0) is 22.3. The van der Waals surface area contributed by atoms with Crippen LogP contribution in [0.15, 0.2) is 78.9 Å². The Hall–Kier alpha value is -3.31. The van der Waals surface area contributed by atoms with Crippen molar-refractivity contribution >= 4 is 11.6 Å². The zero-order valence-electron chi connectivity index (χ0n) is 18.7. The number of amides is 1. The molecular weight excluding hydrogens is 400 g/mol. The van der Waals surface area contributed by atoms with Crippen LogP contribution in [0.25, 0.3) is 0 Å². The number of hydrogen-bond donors (Lipinski definition) is 1. The van der Waals surface area contributed by atoms with Gasteiger partial charge in [-0.15, -0.1) is 0 Å². The van der Waals surface area contributed by atoms with Gasteiger partial charge < -0.3 is 14.8 Å². The van der Waals surface area contributed by atoms with Crippen molar-refractivity contribution < 1.29 is 14.3 Å². The van der Waals surface area contributed by atoms with Gasteiger partial charge in [0.25, 0.3) is 0 Å². The number of ether oxygens (including phenoxy) is 2. The van der Waals surface area contributed by atoms with Gasteiger partial charge in [0, 0.05) is 31.4 Å². The number of nitrogens with one attached hydrogen (secondary N) is 1. The van der Waals surface area contributed by atoms with Gasteiger partial charge in [0.15, 0.2) is 11.5 Å². The number of methoxy groups -OCH3 is 2. The van der Waals surface area contributed by atoms with E-state index in [0.717, 1.165) is 26.1 Å². The van der Waals surface area contributed by atoms with Crippen molar-refractivity contribution in [2.45, 2.75) is 18.9 Å². The highest BCUT2D eigenvalue weighted by molar-refractivity contribution is 5.93. The SMILES string of the molecule is COc1ccc(NC(=O)[C@@H]2C[C@H](c3ccccc3)CN(Cc3ccccc3)C2)cc1OC.